The van der Waals surface area contributed by atoms with Crippen LogP contribution < -0.4 is 4.90 Å². The molecule has 1 aromatic heterocycles. The zero-order valence-electron chi connectivity index (χ0n) is 21.5. The quantitative estimate of drug-likeness (QED) is 0.484. The van der Waals surface area contributed by atoms with Crippen LogP contribution >= 0.6 is 0 Å². The van der Waals surface area contributed by atoms with Gasteiger partial charge in [-0.25, -0.2) is 9.78 Å². The normalized spacial score (nSPS) is 22.5. The van der Waals surface area contributed by atoms with Crippen LogP contribution in [0.4, 0.5) is 10.5 Å². The van der Waals surface area contributed by atoms with Crippen LogP contribution in [-0.2, 0) is 22.4 Å². The molecular weight excluding hydrogens is 470 g/mol. The Morgan fingerprint density at radius 3 is 2.62 bits per heavy atom. The van der Waals surface area contributed by atoms with Gasteiger partial charge in [0.1, 0.15) is 5.82 Å². The number of aliphatic carboxylic acids is 1. The molecule has 1 aliphatic heterocycles. The Morgan fingerprint density at radius 2 is 1.92 bits per heavy atom. The number of carbonyl (C=O) groups excluding carboxylic acids is 1. The van der Waals surface area contributed by atoms with Gasteiger partial charge in [0.15, 0.2) is 0 Å². The van der Waals surface area contributed by atoms with Gasteiger partial charge >= 0.3 is 12.1 Å². The number of aryl methyl sites for hydroxylation is 1. The third-order valence-corrected chi connectivity index (χ3v) is 8.16. The van der Waals surface area contributed by atoms with Crippen molar-refractivity contribution < 1.29 is 24.5 Å². The van der Waals surface area contributed by atoms with Crippen LogP contribution in [0, 0.1) is 5.92 Å². The summed E-state index contributed by atoms with van der Waals surface area (Å²) in [6, 6.07) is 13.4. The van der Waals surface area contributed by atoms with E-state index < -0.39 is 11.9 Å². The number of rotatable bonds is 6. The minimum atomic E-state index is -0.880. The van der Waals surface area contributed by atoms with Crippen molar-refractivity contribution >= 4 is 28.8 Å². The number of carboxylic acid groups (broad SMARTS) is 1. The summed E-state index contributed by atoms with van der Waals surface area (Å²) in [5, 5.41) is 20.1. The molecule has 1 amide bonds. The number of anilines is 1. The van der Waals surface area contributed by atoms with E-state index in [1.165, 1.54) is 7.11 Å². The molecule has 0 saturated heterocycles. The minimum absolute atomic E-state index is 0.0112. The smallest absolute Gasteiger partial charge is 0.414 e. The summed E-state index contributed by atoms with van der Waals surface area (Å²) in [5.74, 6) is -0.640. The van der Waals surface area contributed by atoms with E-state index in [0.29, 0.717) is 0 Å². The summed E-state index contributed by atoms with van der Waals surface area (Å²) in [4.78, 5) is 31.8. The lowest BCUT2D eigenvalue weighted by Gasteiger charge is -2.34. The molecule has 8 nitrogen and oxygen atoms in total. The monoisotopic (exact) mass is 505 g/mol. The van der Waals surface area contributed by atoms with Crippen molar-refractivity contribution in [2.75, 3.05) is 18.6 Å². The summed E-state index contributed by atoms with van der Waals surface area (Å²) in [6.07, 6.45) is 5.25. The molecule has 196 valence electrons. The Kier molecular flexibility index (Phi) is 7.20. The van der Waals surface area contributed by atoms with E-state index in [4.69, 9.17) is 9.72 Å². The Balaban J connectivity index is 1.66. The van der Waals surface area contributed by atoms with Crippen molar-refractivity contribution in [2.45, 2.75) is 69.9 Å². The van der Waals surface area contributed by atoms with Crippen molar-refractivity contribution in [1.29, 1.82) is 0 Å². The molecule has 37 heavy (non-hydrogen) atoms. The summed E-state index contributed by atoms with van der Waals surface area (Å²) in [7, 11) is 1.39. The first-order valence-electron chi connectivity index (χ1n) is 13.2. The van der Waals surface area contributed by atoms with Crippen molar-refractivity contribution in [1.82, 2.24) is 9.55 Å². The fourth-order valence-corrected chi connectivity index (χ4v) is 6.25. The molecule has 4 atom stereocenters. The number of carbonyl (C=O) groups is 2. The Hall–Kier alpha value is -3.39. The fraction of sp³-hybridized carbons (Fsp3) is 0.483. The van der Waals surface area contributed by atoms with E-state index in [0.717, 1.165) is 72.2 Å². The number of aliphatic hydroxyl groups is 1. The van der Waals surface area contributed by atoms with Crippen LogP contribution in [0.3, 0.4) is 0 Å². The van der Waals surface area contributed by atoms with E-state index in [1.54, 1.807) is 4.90 Å². The number of carboxylic acids is 1. The summed E-state index contributed by atoms with van der Waals surface area (Å²) in [6.45, 7) is 2.17. The molecule has 0 radical (unpaired) electrons. The van der Waals surface area contributed by atoms with Crippen molar-refractivity contribution in [2.24, 2.45) is 5.92 Å². The van der Waals surface area contributed by atoms with E-state index in [2.05, 4.69) is 4.57 Å². The van der Waals surface area contributed by atoms with Gasteiger partial charge in [-0.3, -0.25) is 9.69 Å². The number of hydrogen-bond donors (Lipinski definition) is 2. The lowest BCUT2D eigenvalue weighted by molar-refractivity contribution is -0.138. The molecule has 0 spiro atoms. The molecule has 2 aromatic carbocycles. The van der Waals surface area contributed by atoms with Gasteiger partial charge in [0.25, 0.3) is 0 Å². The van der Waals surface area contributed by atoms with Gasteiger partial charge in [-0.2, -0.15) is 0 Å². The molecule has 1 saturated carbocycles. The lowest BCUT2D eigenvalue weighted by atomic mass is 9.85. The van der Waals surface area contributed by atoms with Crippen LogP contribution in [0.2, 0.25) is 0 Å². The van der Waals surface area contributed by atoms with E-state index >= 15 is 0 Å². The first kappa shape index (κ1) is 25.3. The lowest BCUT2D eigenvalue weighted by Crippen LogP contribution is -2.42. The highest BCUT2D eigenvalue weighted by Gasteiger charge is 2.34. The predicted octanol–water partition coefficient (Wildman–Crippen LogP) is 5.08. The topological polar surface area (TPSA) is 105 Å². The minimum Gasteiger partial charge on any atom is -0.481 e. The van der Waals surface area contributed by atoms with Crippen LogP contribution in [0.15, 0.2) is 42.5 Å². The third-order valence-electron chi connectivity index (χ3n) is 8.16. The SMILES string of the molecule is COC(=O)N1c2ccc3c(nc(C[C@H](C(=O)O)c4ccccc4)n3C3CCCC(CO)C3)c2CC[C@@H]1C. The number of ether oxygens (including phenoxy) is 1. The largest absolute Gasteiger partial charge is 0.481 e. The molecule has 2 heterocycles. The second-order valence-corrected chi connectivity index (χ2v) is 10.4. The number of methoxy groups -OCH3 is 1. The van der Waals surface area contributed by atoms with Gasteiger partial charge in [-0.05, 0) is 62.6 Å². The molecule has 0 bridgehead atoms. The highest BCUT2D eigenvalue weighted by Crippen LogP contribution is 2.41. The summed E-state index contributed by atoms with van der Waals surface area (Å²) < 4.78 is 7.31. The first-order valence-corrected chi connectivity index (χ1v) is 13.2. The number of fused-ring (bicyclic) bond motifs is 3. The molecule has 1 aliphatic carbocycles. The van der Waals surface area contributed by atoms with Gasteiger partial charge in [-0.1, -0.05) is 36.8 Å². The number of aromatic nitrogens is 2. The number of amides is 1. The molecule has 5 rings (SSSR count). The number of nitrogens with zero attached hydrogens (tertiary/aromatic N) is 3. The van der Waals surface area contributed by atoms with E-state index in [-0.39, 0.29) is 37.1 Å². The van der Waals surface area contributed by atoms with Crippen molar-refractivity contribution in [3.05, 3.63) is 59.4 Å². The zero-order chi connectivity index (χ0) is 26.1. The standard InChI is InChI=1S/C29H35N3O5/c1-18-11-12-22-24(31(18)29(36)37-2)13-14-25-27(22)30-26(32(25)21-10-6-7-19(15-21)17-33)16-23(28(34)35)20-8-4-3-5-9-20/h3-5,8-9,13-14,18-19,21,23,33H,6-7,10-12,15-17H2,1-2H3,(H,34,35)/t18-,19?,21?,23-/m0/s1. The molecular formula is C29H35N3O5. The summed E-state index contributed by atoms with van der Waals surface area (Å²) >= 11 is 0. The molecule has 8 heteroatoms. The molecule has 2 aliphatic rings. The first-order chi connectivity index (χ1) is 17.9. The summed E-state index contributed by atoms with van der Waals surface area (Å²) in [5.41, 5.74) is 4.36. The van der Waals surface area contributed by atoms with Gasteiger partial charge < -0.3 is 19.5 Å². The molecule has 1 fully saturated rings. The van der Waals surface area contributed by atoms with Crippen molar-refractivity contribution in [3.8, 4) is 0 Å². The van der Waals surface area contributed by atoms with Gasteiger partial charge in [0.05, 0.1) is 29.7 Å². The molecule has 2 N–H and O–H groups in total. The molecule has 3 aromatic rings. The average molecular weight is 506 g/mol. The van der Waals surface area contributed by atoms with Crippen LogP contribution in [0.25, 0.3) is 11.0 Å². The van der Waals surface area contributed by atoms with Crippen LogP contribution in [-0.4, -0.2) is 51.6 Å². The van der Waals surface area contributed by atoms with Gasteiger partial charge in [0.2, 0.25) is 0 Å². The number of benzene rings is 2. The maximum absolute atomic E-state index is 12.6. The Morgan fingerprint density at radius 1 is 1.14 bits per heavy atom. The Bertz CT molecular complexity index is 1290. The van der Waals surface area contributed by atoms with Crippen LogP contribution in [0.1, 0.15) is 67.9 Å². The second kappa shape index (κ2) is 10.5. The third kappa shape index (κ3) is 4.70. The highest BCUT2D eigenvalue weighted by atomic mass is 16.5. The maximum atomic E-state index is 12.6. The van der Waals surface area contributed by atoms with E-state index in [9.17, 15) is 19.8 Å². The number of hydrogen-bond acceptors (Lipinski definition) is 5. The van der Waals surface area contributed by atoms with Gasteiger partial charge in [-0.15, -0.1) is 0 Å². The number of imidazole rings is 1. The van der Waals surface area contributed by atoms with Crippen LogP contribution in [0.5, 0.6) is 0 Å². The highest BCUT2D eigenvalue weighted by molar-refractivity contribution is 5.95. The fourth-order valence-electron chi connectivity index (χ4n) is 6.25. The van der Waals surface area contributed by atoms with Gasteiger partial charge in [0, 0.05) is 30.7 Å². The second-order valence-electron chi connectivity index (χ2n) is 10.4. The van der Waals surface area contributed by atoms with Crippen molar-refractivity contribution in [3.63, 3.8) is 0 Å². The zero-order valence-corrected chi connectivity index (χ0v) is 21.5. The maximum Gasteiger partial charge on any atom is 0.414 e. The molecule has 2 unspecified atom stereocenters. The van der Waals surface area contributed by atoms with E-state index in [1.807, 2.05) is 49.4 Å². The Labute approximate surface area is 216 Å². The number of aliphatic hydroxyl groups excluding tert-OH is 1. The predicted molar refractivity (Wildman–Crippen MR) is 141 cm³/mol. The average Bonchev–Trinajstić information content (AvgIpc) is 3.30.